The molecule has 0 aliphatic heterocycles. The molecule has 1 fully saturated rings. The molecular formula is C21H28N4O. The Morgan fingerprint density at radius 2 is 2.00 bits per heavy atom. The van der Waals surface area contributed by atoms with Gasteiger partial charge >= 0.3 is 6.03 Å². The first-order valence-electron chi connectivity index (χ1n) is 9.53. The molecule has 0 saturated heterocycles. The molecule has 0 radical (unpaired) electrons. The van der Waals surface area contributed by atoms with Crippen LogP contribution in [0.25, 0.3) is 0 Å². The van der Waals surface area contributed by atoms with Gasteiger partial charge in [-0.05, 0) is 56.5 Å². The third-order valence-electron chi connectivity index (χ3n) is 4.85. The number of carbonyl (C=O) groups is 1. The summed E-state index contributed by atoms with van der Waals surface area (Å²) < 4.78 is 0. The van der Waals surface area contributed by atoms with E-state index in [4.69, 9.17) is 0 Å². The highest BCUT2D eigenvalue weighted by Crippen LogP contribution is 2.25. The Hall–Kier alpha value is -2.56. The van der Waals surface area contributed by atoms with Crippen LogP contribution in [0.5, 0.6) is 0 Å². The van der Waals surface area contributed by atoms with Gasteiger partial charge in [-0.25, -0.2) is 9.78 Å². The molecule has 138 valence electrons. The summed E-state index contributed by atoms with van der Waals surface area (Å²) in [7, 11) is 0. The van der Waals surface area contributed by atoms with E-state index in [2.05, 4.69) is 58.6 Å². The first kappa shape index (κ1) is 18.2. The van der Waals surface area contributed by atoms with E-state index in [1.54, 1.807) is 6.20 Å². The van der Waals surface area contributed by atoms with E-state index in [0.717, 1.165) is 30.9 Å². The second-order valence-electron chi connectivity index (χ2n) is 6.92. The van der Waals surface area contributed by atoms with Crippen molar-refractivity contribution in [2.45, 2.75) is 52.0 Å². The zero-order chi connectivity index (χ0) is 18.4. The number of urea groups is 1. The van der Waals surface area contributed by atoms with E-state index in [-0.39, 0.29) is 6.03 Å². The van der Waals surface area contributed by atoms with E-state index >= 15 is 0 Å². The van der Waals surface area contributed by atoms with Gasteiger partial charge in [0, 0.05) is 18.3 Å². The van der Waals surface area contributed by atoms with Gasteiger partial charge in [-0.2, -0.15) is 0 Å². The standard InChI is InChI=1S/C21H28N4O/c1-3-25(19-11-7-8-16(2)14-19)20-13-12-18(15-22-20)24-21(26)23-17-9-5-4-6-10-17/h7-8,11-15,17H,3-6,9-10H2,1-2H3,(H2,23,24,26). The molecule has 26 heavy (non-hydrogen) atoms. The number of nitrogens with zero attached hydrogens (tertiary/aromatic N) is 2. The Kier molecular flexibility index (Phi) is 6.10. The first-order chi connectivity index (χ1) is 12.7. The van der Waals surface area contributed by atoms with Gasteiger partial charge in [0.25, 0.3) is 0 Å². The Morgan fingerprint density at radius 3 is 2.65 bits per heavy atom. The monoisotopic (exact) mass is 352 g/mol. The quantitative estimate of drug-likeness (QED) is 0.796. The molecule has 1 aliphatic carbocycles. The number of aryl methyl sites for hydroxylation is 1. The molecule has 2 N–H and O–H groups in total. The predicted octanol–water partition coefficient (Wildman–Crippen LogP) is 5.00. The van der Waals surface area contributed by atoms with E-state index in [1.165, 1.54) is 24.8 Å². The van der Waals surface area contributed by atoms with Gasteiger partial charge in [-0.1, -0.05) is 31.4 Å². The number of anilines is 3. The lowest BCUT2D eigenvalue weighted by Crippen LogP contribution is -2.39. The fourth-order valence-electron chi connectivity index (χ4n) is 3.49. The van der Waals surface area contributed by atoms with Crippen LogP contribution in [0.3, 0.4) is 0 Å². The van der Waals surface area contributed by atoms with Crippen molar-refractivity contribution in [3.05, 3.63) is 48.2 Å². The summed E-state index contributed by atoms with van der Waals surface area (Å²) in [6, 6.07) is 12.4. The predicted molar refractivity (Wildman–Crippen MR) is 107 cm³/mol. The molecule has 0 atom stereocenters. The Balaban J connectivity index is 1.62. The lowest BCUT2D eigenvalue weighted by Gasteiger charge is -2.23. The van der Waals surface area contributed by atoms with Crippen LogP contribution in [-0.2, 0) is 0 Å². The maximum absolute atomic E-state index is 12.2. The molecule has 1 heterocycles. The van der Waals surface area contributed by atoms with Crippen molar-refractivity contribution in [1.82, 2.24) is 10.3 Å². The molecule has 5 nitrogen and oxygen atoms in total. The molecule has 5 heteroatoms. The summed E-state index contributed by atoms with van der Waals surface area (Å²) in [5, 5.41) is 5.95. The van der Waals surface area contributed by atoms with Crippen molar-refractivity contribution in [1.29, 1.82) is 0 Å². The van der Waals surface area contributed by atoms with Crippen LogP contribution in [-0.4, -0.2) is 23.6 Å². The Bertz CT molecular complexity index is 723. The minimum Gasteiger partial charge on any atom is -0.335 e. The van der Waals surface area contributed by atoms with E-state index in [1.807, 2.05) is 12.1 Å². The SMILES string of the molecule is CCN(c1cccc(C)c1)c1ccc(NC(=O)NC2CCCCC2)cn1. The molecule has 1 saturated carbocycles. The summed E-state index contributed by atoms with van der Waals surface area (Å²) in [6.07, 6.45) is 7.55. The molecular weight excluding hydrogens is 324 g/mol. The second kappa shape index (κ2) is 8.70. The molecule has 1 aromatic heterocycles. The number of pyridine rings is 1. The van der Waals surface area contributed by atoms with Crippen LogP contribution in [0.1, 0.15) is 44.6 Å². The summed E-state index contributed by atoms with van der Waals surface area (Å²) in [5.41, 5.74) is 3.05. The number of amides is 2. The van der Waals surface area contributed by atoms with Crippen LogP contribution >= 0.6 is 0 Å². The molecule has 0 bridgehead atoms. The number of rotatable bonds is 5. The number of aromatic nitrogens is 1. The highest BCUT2D eigenvalue weighted by Gasteiger charge is 2.16. The van der Waals surface area contributed by atoms with Crippen molar-refractivity contribution in [2.75, 3.05) is 16.8 Å². The van der Waals surface area contributed by atoms with Crippen LogP contribution in [0, 0.1) is 6.92 Å². The third kappa shape index (κ3) is 4.75. The molecule has 0 unspecified atom stereocenters. The normalized spacial score (nSPS) is 14.7. The van der Waals surface area contributed by atoms with Crippen molar-refractivity contribution in [3.8, 4) is 0 Å². The maximum atomic E-state index is 12.2. The summed E-state index contributed by atoms with van der Waals surface area (Å²) >= 11 is 0. The molecule has 2 aromatic rings. The van der Waals surface area contributed by atoms with Gasteiger partial charge in [-0.15, -0.1) is 0 Å². The highest BCUT2D eigenvalue weighted by molar-refractivity contribution is 5.89. The molecule has 3 rings (SSSR count). The van der Waals surface area contributed by atoms with Gasteiger partial charge in [0.15, 0.2) is 0 Å². The number of benzene rings is 1. The van der Waals surface area contributed by atoms with Gasteiger partial charge in [0.05, 0.1) is 11.9 Å². The van der Waals surface area contributed by atoms with E-state index < -0.39 is 0 Å². The van der Waals surface area contributed by atoms with Crippen LogP contribution < -0.4 is 15.5 Å². The first-order valence-corrected chi connectivity index (χ1v) is 9.53. The molecule has 0 spiro atoms. The number of hydrogen-bond donors (Lipinski definition) is 2. The van der Waals surface area contributed by atoms with Crippen LogP contribution in [0.4, 0.5) is 22.0 Å². The molecule has 2 amide bonds. The number of carbonyl (C=O) groups excluding carboxylic acids is 1. The topological polar surface area (TPSA) is 57.3 Å². The van der Waals surface area contributed by atoms with Crippen molar-refractivity contribution < 1.29 is 4.79 Å². The average Bonchev–Trinajstić information content (AvgIpc) is 2.64. The molecule has 1 aliphatic rings. The lowest BCUT2D eigenvalue weighted by molar-refractivity contribution is 0.244. The van der Waals surface area contributed by atoms with Gasteiger partial charge in [-0.3, -0.25) is 0 Å². The van der Waals surface area contributed by atoms with Gasteiger partial charge in [0.1, 0.15) is 5.82 Å². The minimum atomic E-state index is -0.141. The second-order valence-corrected chi connectivity index (χ2v) is 6.92. The van der Waals surface area contributed by atoms with Crippen LogP contribution in [0.15, 0.2) is 42.6 Å². The summed E-state index contributed by atoms with van der Waals surface area (Å²) in [4.78, 5) is 18.8. The number of nitrogens with one attached hydrogen (secondary N) is 2. The fraction of sp³-hybridized carbons (Fsp3) is 0.429. The van der Waals surface area contributed by atoms with E-state index in [0.29, 0.717) is 11.7 Å². The van der Waals surface area contributed by atoms with Crippen molar-refractivity contribution >= 4 is 23.2 Å². The Morgan fingerprint density at radius 1 is 1.19 bits per heavy atom. The lowest BCUT2D eigenvalue weighted by atomic mass is 9.96. The number of hydrogen-bond acceptors (Lipinski definition) is 3. The van der Waals surface area contributed by atoms with Gasteiger partial charge in [0.2, 0.25) is 0 Å². The molecule has 1 aromatic carbocycles. The smallest absolute Gasteiger partial charge is 0.319 e. The zero-order valence-electron chi connectivity index (χ0n) is 15.7. The summed E-state index contributed by atoms with van der Waals surface area (Å²) in [5.74, 6) is 0.872. The Labute approximate surface area is 155 Å². The largest absolute Gasteiger partial charge is 0.335 e. The van der Waals surface area contributed by atoms with E-state index in [9.17, 15) is 4.79 Å². The van der Waals surface area contributed by atoms with Gasteiger partial charge < -0.3 is 15.5 Å². The highest BCUT2D eigenvalue weighted by atomic mass is 16.2. The van der Waals surface area contributed by atoms with Crippen molar-refractivity contribution in [2.24, 2.45) is 0 Å². The fourth-order valence-corrected chi connectivity index (χ4v) is 3.49. The van der Waals surface area contributed by atoms with Crippen molar-refractivity contribution in [3.63, 3.8) is 0 Å². The summed E-state index contributed by atoms with van der Waals surface area (Å²) in [6.45, 7) is 5.02. The minimum absolute atomic E-state index is 0.141. The zero-order valence-corrected chi connectivity index (χ0v) is 15.7. The average molecular weight is 352 g/mol. The maximum Gasteiger partial charge on any atom is 0.319 e. The van der Waals surface area contributed by atoms with Crippen LogP contribution in [0.2, 0.25) is 0 Å². The third-order valence-corrected chi connectivity index (χ3v) is 4.85.